The van der Waals surface area contributed by atoms with Gasteiger partial charge in [0.05, 0.1) is 0 Å². The summed E-state index contributed by atoms with van der Waals surface area (Å²) in [5.74, 6) is 0.817. The fourth-order valence-corrected chi connectivity index (χ4v) is 1.33. The number of rotatable bonds is 8. The quantitative estimate of drug-likeness (QED) is 0.256. The lowest BCUT2D eigenvalue weighted by molar-refractivity contribution is 0.676. The van der Waals surface area contributed by atoms with Crippen molar-refractivity contribution in [1.82, 2.24) is 0 Å². The van der Waals surface area contributed by atoms with Crippen LogP contribution >= 0.6 is 11.6 Å². The summed E-state index contributed by atoms with van der Waals surface area (Å²) < 4.78 is 0. The Kier molecular flexibility index (Phi) is 19.4. The third-order valence-corrected chi connectivity index (χ3v) is 2.20. The molecule has 14 heavy (non-hydrogen) atoms. The van der Waals surface area contributed by atoms with Gasteiger partial charge in [-0.1, -0.05) is 37.1 Å². The van der Waals surface area contributed by atoms with Crippen molar-refractivity contribution in [3.8, 4) is 0 Å². The van der Waals surface area contributed by atoms with Gasteiger partial charge in [0, 0.05) is 5.88 Å². The third kappa shape index (κ3) is 15.0. The molecule has 0 atom stereocenters. The summed E-state index contributed by atoms with van der Waals surface area (Å²) in [4.78, 5) is 0. The summed E-state index contributed by atoms with van der Waals surface area (Å²) in [6.07, 6.45) is 16.2. The van der Waals surface area contributed by atoms with Crippen LogP contribution < -0.4 is 0 Å². The zero-order valence-corrected chi connectivity index (χ0v) is 9.39. The van der Waals surface area contributed by atoms with Crippen molar-refractivity contribution in [3.05, 3.63) is 24.3 Å². The average molecular weight is 227 g/mol. The topological polar surface area (TPSA) is 0 Å². The van der Waals surface area contributed by atoms with Gasteiger partial charge in [0.15, 0.2) is 0 Å². The number of allylic oxidation sites excluding steroid dienone is 4. The van der Waals surface area contributed by atoms with E-state index in [9.17, 15) is 0 Å². The van der Waals surface area contributed by atoms with Crippen molar-refractivity contribution in [2.45, 2.75) is 45.4 Å². The van der Waals surface area contributed by atoms with Crippen LogP contribution in [0.15, 0.2) is 24.3 Å². The molecule has 0 rings (SSSR count). The summed E-state index contributed by atoms with van der Waals surface area (Å²) in [6, 6.07) is 0. The molecule has 0 aliphatic heterocycles. The van der Waals surface area contributed by atoms with Crippen molar-refractivity contribution < 1.29 is 0 Å². The fraction of sp³-hybridized carbons (Fsp3) is 0.667. The molecule has 0 saturated heterocycles. The van der Waals surface area contributed by atoms with Gasteiger partial charge in [-0.2, -0.15) is 0 Å². The molecule has 0 amide bonds. The van der Waals surface area contributed by atoms with Crippen molar-refractivity contribution in [2.75, 3.05) is 5.88 Å². The predicted molar refractivity (Wildman–Crippen MR) is 70.9 cm³/mol. The SMILES string of the molecule is C/C=C/C/C=C/CCCCCCCl.[MgH2]. The van der Waals surface area contributed by atoms with Gasteiger partial charge in [0.2, 0.25) is 0 Å². The highest BCUT2D eigenvalue weighted by atomic mass is 35.5. The molecule has 0 aromatic rings. The van der Waals surface area contributed by atoms with Crippen LogP contribution in [0.4, 0.5) is 0 Å². The maximum Gasteiger partial charge on any atom is 0.316 e. The van der Waals surface area contributed by atoms with Crippen LogP contribution in [0.2, 0.25) is 0 Å². The van der Waals surface area contributed by atoms with E-state index in [1.165, 1.54) is 32.1 Å². The van der Waals surface area contributed by atoms with Crippen LogP contribution in [0.3, 0.4) is 0 Å². The van der Waals surface area contributed by atoms with Crippen LogP contribution in [-0.4, -0.2) is 28.9 Å². The van der Waals surface area contributed by atoms with E-state index in [0.29, 0.717) is 0 Å². The van der Waals surface area contributed by atoms with Crippen LogP contribution in [0.5, 0.6) is 0 Å². The second kappa shape index (κ2) is 16.0. The minimum atomic E-state index is 0. The standard InChI is InChI=1S/C12H21Cl.Mg.2H/c1-2-3-4-5-6-7-8-9-10-11-12-13;;;/h2-3,5-6H,4,7-12H2,1H3;;;/b3-2+,6-5+;;;. The van der Waals surface area contributed by atoms with Gasteiger partial charge in [0.25, 0.3) is 0 Å². The Morgan fingerprint density at radius 1 is 0.929 bits per heavy atom. The number of alkyl halides is 1. The molecule has 0 bridgehead atoms. The Morgan fingerprint density at radius 2 is 1.64 bits per heavy atom. The van der Waals surface area contributed by atoms with Crippen molar-refractivity contribution >= 4 is 34.7 Å². The summed E-state index contributed by atoms with van der Waals surface area (Å²) in [6.45, 7) is 2.06. The van der Waals surface area contributed by atoms with Crippen LogP contribution in [0.1, 0.15) is 45.4 Å². The maximum absolute atomic E-state index is 5.58. The molecule has 0 aliphatic carbocycles. The van der Waals surface area contributed by atoms with Gasteiger partial charge in [-0.3, -0.25) is 0 Å². The van der Waals surface area contributed by atoms with E-state index in [2.05, 4.69) is 31.2 Å². The lowest BCUT2D eigenvalue weighted by Crippen LogP contribution is -1.77. The molecule has 0 aliphatic rings. The molecule has 0 saturated carbocycles. The molecule has 0 radical (unpaired) electrons. The Morgan fingerprint density at radius 3 is 2.29 bits per heavy atom. The van der Waals surface area contributed by atoms with E-state index in [1.54, 1.807) is 0 Å². The van der Waals surface area contributed by atoms with Crippen molar-refractivity contribution in [1.29, 1.82) is 0 Å². The Balaban J connectivity index is 0. The molecule has 0 heterocycles. The molecule has 0 aromatic heterocycles. The maximum atomic E-state index is 5.58. The normalized spacial score (nSPS) is 11.0. The number of hydrogen-bond acceptors (Lipinski definition) is 0. The van der Waals surface area contributed by atoms with Gasteiger partial charge >= 0.3 is 23.1 Å². The molecular formula is C12H23ClMg. The summed E-state index contributed by atoms with van der Waals surface area (Å²) in [5, 5.41) is 0. The smallest absolute Gasteiger partial charge is 0.127 e. The molecule has 0 fully saturated rings. The minimum absolute atomic E-state index is 0. The first kappa shape index (κ1) is 16.9. The highest BCUT2D eigenvalue weighted by Gasteiger charge is 1.86. The number of halogens is 1. The minimum Gasteiger partial charge on any atom is -0.127 e. The Hall–Kier alpha value is 0.536. The Labute approximate surface area is 110 Å². The third-order valence-electron chi connectivity index (χ3n) is 1.93. The lowest BCUT2D eigenvalue weighted by atomic mass is 10.1. The first-order valence-corrected chi connectivity index (χ1v) is 5.77. The van der Waals surface area contributed by atoms with Crippen LogP contribution in [-0.2, 0) is 0 Å². The van der Waals surface area contributed by atoms with Gasteiger partial charge in [-0.25, -0.2) is 0 Å². The first-order chi connectivity index (χ1) is 6.41. The molecule has 80 valence electrons. The fourth-order valence-electron chi connectivity index (χ4n) is 1.14. The predicted octanol–water partition coefficient (Wildman–Crippen LogP) is 3.78. The van der Waals surface area contributed by atoms with E-state index in [-0.39, 0.29) is 23.1 Å². The zero-order chi connectivity index (χ0) is 9.78. The second-order valence-corrected chi connectivity index (χ2v) is 3.55. The van der Waals surface area contributed by atoms with E-state index >= 15 is 0 Å². The first-order valence-electron chi connectivity index (χ1n) is 5.24. The van der Waals surface area contributed by atoms with Crippen LogP contribution in [0.25, 0.3) is 0 Å². The van der Waals surface area contributed by atoms with Crippen molar-refractivity contribution in [3.63, 3.8) is 0 Å². The molecule has 0 spiro atoms. The van der Waals surface area contributed by atoms with Gasteiger partial charge in [0.1, 0.15) is 0 Å². The lowest BCUT2D eigenvalue weighted by Gasteiger charge is -1.94. The van der Waals surface area contributed by atoms with Gasteiger partial charge in [-0.05, 0) is 32.6 Å². The molecule has 0 N–H and O–H groups in total. The summed E-state index contributed by atoms with van der Waals surface area (Å²) in [5.41, 5.74) is 0. The van der Waals surface area contributed by atoms with E-state index in [1.807, 2.05) is 0 Å². The average Bonchev–Trinajstić information content (AvgIpc) is 2.16. The van der Waals surface area contributed by atoms with E-state index < -0.39 is 0 Å². The molecule has 2 heteroatoms. The summed E-state index contributed by atoms with van der Waals surface area (Å²) in [7, 11) is 0. The Bertz CT molecular complexity index is 141. The highest BCUT2D eigenvalue weighted by molar-refractivity contribution is 6.17. The second-order valence-electron chi connectivity index (χ2n) is 3.17. The van der Waals surface area contributed by atoms with Crippen LogP contribution in [0, 0.1) is 0 Å². The molecule has 0 aromatic carbocycles. The highest BCUT2D eigenvalue weighted by Crippen LogP contribution is 2.04. The molecule has 0 nitrogen and oxygen atoms in total. The summed E-state index contributed by atoms with van der Waals surface area (Å²) >= 11 is 5.58. The molecular weight excluding hydrogens is 204 g/mol. The van der Waals surface area contributed by atoms with Gasteiger partial charge in [-0.15, -0.1) is 11.6 Å². The monoisotopic (exact) mass is 226 g/mol. The number of unbranched alkanes of at least 4 members (excludes halogenated alkanes) is 4. The number of hydrogen-bond donors (Lipinski definition) is 0. The van der Waals surface area contributed by atoms with Crippen molar-refractivity contribution in [2.24, 2.45) is 0 Å². The largest absolute Gasteiger partial charge is 0.316 e. The van der Waals surface area contributed by atoms with E-state index in [0.717, 1.165) is 12.3 Å². The zero-order valence-electron chi connectivity index (χ0n) is 8.64. The van der Waals surface area contributed by atoms with Gasteiger partial charge < -0.3 is 0 Å². The van der Waals surface area contributed by atoms with E-state index in [4.69, 9.17) is 11.6 Å². The molecule has 0 unspecified atom stereocenters.